The second-order valence-corrected chi connectivity index (χ2v) is 1.97. The van der Waals surface area contributed by atoms with Gasteiger partial charge in [0, 0.05) is 0 Å². The monoisotopic (exact) mass is 175 g/mol. The molecule has 0 bridgehead atoms. The molecule has 0 aliphatic heterocycles. The summed E-state index contributed by atoms with van der Waals surface area (Å²) in [6.07, 6.45) is 3.29. The molecule has 0 amide bonds. The topological polar surface area (TPSA) is 25.8 Å². The lowest BCUT2D eigenvalue weighted by Gasteiger charge is -1.84. The largest absolute Gasteiger partial charge is 0.203 e. The molecular formula is C4HBrFN2. The second kappa shape index (κ2) is 2.17. The Morgan fingerprint density at radius 3 is 2.88 bits per heavy atom. The third-order valence-electron chi connectivity index (χ3n) is 0.587. The van der Waals surface area contributed by atoms with E-state index in [1.807, 2.05) is 6.20 Å². The SMILES string of the molecule is Fc1[c]nncc1Br. The normalized spacial score (nSPS) is 9.25. The molecule has 0 saturated heterocycles. The summed E-state index contributed by atoms with van der Waals surface area (Å²) >= 11 is 2.89. The predicted molar refractivity (Wildman–Crippen MR) is 28.5 cm³/mol. The van der Waals surface area contributed by atoms with Crippen molar-refractivity contribution >= 4 is 15.9 Å². The van der Waals surface area contributed by atoms with E-state index < -0.39 is 5.82 Å². The van der Waals surface area contributed by atoms with Crippen LogP contribution in [0.4, 0.5) is 4.39 Å². The van der Waals surface area contributed by atoms with Crippen LogP contribution in [0.3, 0.4) is 0 Å². The minimum atomic E-state index is -0.514. The van der Waals surface area contributed by atoms with Crippen molar-refractivity contribution in [1.82, 2.24) is 10.2 Å². The summed E-state index contributed by atoms with van der Waals surface area (Å²) in [4.78, 5) is 0. The van der Waals surface area contributed by atoms with E-state index >= 15 is 0 Å². The van der Waals surface area contributed by atoms with Gasteiger partial charge in [-0.15, -0.1) is 5.10 Å². The number of hydrogen-bond acceptors (Lipinski definition) is 2. The first kappa shape index (κ1) is 5.62. The highest BCUT2D eigenvalue weighted by molar-refractivity contribution is 9.10. The van der Waals surface area contributed by atoms with Crippen molar-refractivity contribution in [2.24, 2.45) is 0 Å². The maximum absolute atomic E-state index is 12.1. The molecule has 0 fully saturated rings. The van der Waals surface area contributed by atoms with Gasteiger partial charge >= 0.3 is 0 Å². The maximum atomic E-state index is 12.1. The standard InChI is InChI=1S/C4HBrFN2/c5-3-1-7-8-2-4(3)6/h1H. The lowest BCUT2D eigenvalue weighted by atomic mass is 10.6. The predicted octanol–water partition coefficient (Wildman–Crippen LogP) is 1.18. The number of halogens is 2. The van der Waals surface area contributed by atoms with E-state index in [-0.39, 0.29) is 4.47 Å². The van der Waals surface area contributed by atoms with E-state index in [1.165, 1.54) is 6.20 Å². The van der Waals surface area contributed by atoms with E-state index in [2.05, 4.69) is 26.1 Å². The minimum Gasteiger partial charge on any atom is -0.203 e. The lowest BCUT2D eigenvalue weighted by Crippen LogP contribution is -1.82. The van der Waals surface area contributed by atoms with Crippen LogP contribution in [0.15, 0.2) is 10.7 Å². The van der Waals surface area contributed by atoms with Crippen LogP contribution < -0.4 is 0 Å². The van der Waals surface area contributed by atoms with Gasteiger partial charge in [0.1, 0.15) is 0 Å². The van der Waals surface area contributed by atoms with Crippen LogP contribution >= 0.6 is 15.9 Å². The molecule has 0 aliphatic rings. The van der Waals surface area contributed by atoms with Crippen LogP contribution in [-0.2, 0) is 0 Å². The maximum Gasteiger partial charge on any atom is 0.168 e. The molecule has 8 heavy (non-hydrogen) atoms. The van der Waals surface area contributed by atoms with Gasteiger partial charge in [-0.3, -0.25) is 0 Å². The molecule has 0 N–H and O–H groups in total. The van der Waals surface area contributed by atoms with Crippen molar-refractivity contribution in [3.63, 3.8) is 0 Å². The first-order valence-corrected chi connectivity index (χ1v) is 2.64. The summed E-state index contributed by atoms with van der Waals surface area (Å²) in [6, 6.07) is 0. The van der Waals surface area contributed by atoms with E-state index in [0.717, 1.165) is 0 Å². The van der Waals surface area contributed by atoms with Crippen LogP contribution in [0, 0.1) is 12.0 Å². The van der Waals surface area contributed by atoms with Crippen molar-refractivity contribution in [3.8, 4) is 0 Å². The summed E-state index contributed by atoms with van der Waals surface area (Å²) in [6.45, 7) is 0. The zero-order valence-electron chi connectivity index (χ0n) is 3.73. The number of hydrogen-bond donors (Lipinski definition) is 0. The van der Waals surface area contributed by atoms with Gasteiger partial charge in [0.15, 0.2) is 12.0 Å². The van der Waals surface area contributed by atoms with Gasteiger partial charge in [0.25, 0.3) is 0 Å². The van der Waals surface area contributed by atoms with Crippen LogP contribution in [-0.4, -0.2) is 10.2 Å². The molecule has 1 aromatic heterocycles. The Morgan fingerprint density at radius 1 is 1.75 bits per heavy atom. The Kier molecular flexibility index (Phi) is 1.53. The Labute approximate surface area is 53.9 Å². The van der Waals surface area contributed by atoms with E-state index in [9.17, 15) is 4.39 Å². The molecule has 1 rings (SSSR count). The van der Waals surface area contributed by atoms with Gasteiger partial charge in [-0.05, 0) is 15.9 Å². The average Bonchev–Trinajstić information content (AvgIpc) is 1.77. The van der Waals surface area contributed by atoms with Crippen molar-refractivity contribution < 1.29 is 4.39 Å². The molecule has 1 aromatic rings. The van der Waals surface area contributed by atoms with Crippen molar-refractivity contribution in [2.75, 3.05) is 0 Å². The molecule has 1 radical (unpaired) electrons. The zero-order valence-corrected chi connectivity index (χ0v) is 5.31. The van der Waals surface area contributed by atoms with Crippen LogP contribution in [0.2, 0.25) is 0 Å². The minimum absolute atomic E-state index is 0.285. The highest BCUT2D eigenvalue weighted by Crippen LogP contribution is 2.08. The first-order valence-electron chi connectivity index (χ1n) is 1.85. The average molecular weight is 176 g/mol. The molecule has 4 heteroatoms. The Morgan fingerprint density at radius 2 is 2.50 bits per heavy atom. The molecule has 0 unspecified atom stereocenters. The third-order valence-corrected chi connectivity index (χ3v) is 1.14. The van der Waals surface area contributed by atoms with Gasteiger partial charge in [0.05, 0.1) is 10.7 Å². The number of rotatable bonds is 0. The Hall–Kier alpha value is -0.510. The molecular weight excluding hydrogens is 175 g/mol. The molecule has 41 valence electrons. The fourth-order valence-corrected chi connectivity index (χ4v) is 0.443. The molecule has 0 spiro atoms. The van der Waals surface area contributed by atoms with Gasteiger partial charge in [0.2, 0.25) is 0 Å². The van der Waals surface area contributed by atoms with E-state index in [0.29, 0.717) is 0 Å². The van der Waals surface area contributed by atoms with Gasteiger partial charge in [-0.2, -0.15) is 5.10 Å². The first-order chi connectivity index (χ1) is 3.80. The van der Waals surface area contributed by atoms with Crippen molar-refractivity contribution in [1.29, 1.82) is 0 Å². The fourth-order valence-electron chi connectivity index (χ4n) is 0.262. The lowest BCUT2D eigenvalue weighted by molar-refractivity contribution is 0.604. The summed E-state index contributed by atoms with van der Waals surface area (Å²) in [7, 11) is 0. The second-order valence-electron chi connectivity index (χ2n) is 1.12. The molecule has 0 atom stereocenters. The Bertz CT molecular complexity index is 170. The summed E-state index contributed by atoms with van der Waals surface area (Å²) in [5, 5.41) is 6.52. The Balaban J connectivity index is 3.13. The van der Waals surface area contributed by atoms with Crippen LogP contribution in [0.25, 0.3) is 0 Å². The van der Waals surface area contributed by atoms with Crippen molar-refractivity contribution in [2.45, 2.75) is 0 Å². The highest BCUT2D eigenvalue weighted by atomic mass is 79.9. The smallest absolute Gasteiger partial charge is 0.168 e. The number of nitrogens with zero attached hydrogens (tertiary/aromatic N) is 2. The molecule has 0 aliphatic carbocycles. The quantitative estimate of drug-likeness (QED) is 0.592. The van der Waals surface area contributed by atoms with Crippen LogP contribution in [0.5, 0.6) is 0 Å². The summed E-state index contributed by atoms with van der Waals surface area (Å²) in [5.74, 6) is -0.514. The van der Waals surface area contributed by atoms with Gasteiger partial charge < -0.3 is 0 Å². The van der Waals surface area contributed by atoms with E-state index in [1.54, 1.807) is 0 Å². The molecule has 1 heterocycles. The zero-order chi connectivity index (χ0) is 5.98. The van der Waals surface area contributed by atoms with Gasteiger partial charge in [-0.25, -0.2) is 4.39 Å². The molecule has 0 aromatic carbocycles. The van der Waals surface area contributed by atoms with Crippen LogP contribution in [0.1, 0.15) is 0 Å². The van der Waals surface area contributed by atoms with E-state index in [4.69, 9.17) is 0 Å². The fraction of sp³-hybridized carbons (Fsp3) is 0. The molecule has 2 nitrogen and oxygen atoms in total. The van der Waals surface area contributed by atoms with Crippen molar-refractivity contribution in [3.05, 3.63) is 22.7 Å². The summed E-state index contributed by atoms with van der Waals surface area (Å²) < 4.78 is 12.4. The van der Waals surface area contributed by atoms with Gasteiger partial charge in [-0.1, -0.05) is 0 Å². The third kappa shape index (κ3) is 1.01. The molecule has 0 saturated carbocycles. The highest BCUT2D eigenvalue weighted by Gasteiger charge is 1.94. The summed E-state index contributed by atoms with van der Waals surface area (Å²) in [5.41, 5.74) is 0. The number of aromatic nitrogens is 2.